The van der Waals surface area contributed by atoms with E-state index in [4.69, 9.17) is 23.9 Å². The first-order valence-corrected chi connectivity index (χ1v) is 10.5. The van der Waals surface area contributed by atoms with Gasteiger partial charge in [-0.3, -0.25) is 9.69 Å². The third-order valence-electron chi connectivity index (χ3n) is 6.04. The highest BCUT2D eigenvalue weighted by atomic mass is 19.4. The zero-order chi connectivity index (χ0) is 23.5. The maximum Gasteiger partial charge on any atom is 0.490 e. The van der Waals surface area contributed by atoms with Crippen LogP contribution in [-0.4, -0.2) is 89.7 Å². The van der Waals surface area contributed by atoms with Crippen LogP contribution in [0.15, 0.2) is 4.52 Å². The van der Waals surface area contributed by atoms with Gasteiger partial charge in [0.25, 0.3) is 5.91 Å². The number of nitrogens with zero attached hydrogens (tertiary/aromatic N) is 3. The van der Waals surface area contributed by atoms with Gasteiger partial charge in [0, 0.05) is 31.7 Å². The Morgan fingerprint density at radius 2 is 1.84 bits per heavy atom. The van der Waals surface area contributed by atoms with Crippen LogP contribution in [-0.2, 0) is 25.6 Å². The Hall–Kier alpha value is -2.18. The number of carboxylic acid groups (broad SMARTS) is 1. The normalized spacial score (nSPS) is 26.3. The van der Waals surface area contributed by atoms with E-state index >= 15 is 0 Å². The average Bonchev–Trinajstić information content (AvgIpc) is 3.31. The summed E-state index contributed by atoms with van der Waals surface area (Å²) >= 11 is 0. The Morgan fingerprint density at radius 3 is 2.41 bits per heavy atom. The van der Waals surface area contributed by atoms with E-state index in [1.54, 1.807) is 0 Å². The smallest absolute Gasteiger partial charge is 0.475 e. The number of aliphatic carboxylic acids is 1. The summed E-state index contributed by atoms with van der Waals surface area (Å²) < 4.78 is 48.5. The van der Waals surface area contributed by atoms with Gasteiger partial charge in [-0.2, -0.15) is 13.2 Å². The van der Waals surface area contributed by atoms with Gasteiger partial charge in [0.2, 0.25) is 0 Å². The van der Waals surface area contributed by atoms with Crippen LogP contribution in [0.5, 0.6) is 0 Å². The summed E-state index contributed by atoms with van der Waals surface area (Å²) in [6, 6.07) is 0. The summed E-state index contributed by atoms with van der Waals surface area (Å²) in [5.74, 6) is -1.22. The lowest BCUT2D eigenvalue weighted by molar-refractivity contribution is -0.192. The summed E-state index contributed by atoms with van der Waals surface area (Å²) in [5.41, 5.74) is 2.14. The monoisotopic (exact) mass is 463 g/mol. The first kappa shape index (κ1) is 24.5. The number of rotatable bonds is 3. The molecule has 0 aliphatic carbocycles. The van der Waals surface area contributed by atoms with E-state index in [0.717, 1.165) is 43.9 Å². The maximum atomic E-state index is 12.7. The summed E-state index contributed by atoms with van der Waals surface area (Å²) in [5, 5.41) is 11.2. The Balaban J connectivity index is 0.000000360. The predicted octanol–water partition coefficient (Wildman–Crippen LogP) is 1.76. The third kappa shape index (κ3) is 5.99. The van der Waals surface area contributed by atoms with Crippen molar-refractivity contribution in [2.24, 2.45) is 5.92 Å². The van der Waals surface area contributed by atoms with Gasteiger partial charge < -0.3 is 24.0 Å². The first-order valence-electron chi connectivity index (χ1n) is 10.5. The molecule has 0 aromatic carbocycles. The first-order chi connectivity index (χ1) is 15.1. The summed E-state index contributed by atoms with van der Waals surface area (Å²) in [6.45, 7) is 9.35. The number of aromatic nitrogens is 1. The van der Waals surface area contributed by atoms with Crippen molar-refractivity contribution in [2.45, 2.75) is 51.6 Å². The molecule has 0 radical (unpaired) electrons. The van der Waals surface area contributed by atoms with E-state index in [1.165, 1.54) is 5.56 Å². The van der Waals surface area contributed by atoms with Crippen LogP contribution in [0.3, 0.4) is 0 Å². The third-order valence-corrected chi connectivity index (χ3v) is 6.04. The van der Waals surface area contributed by atoms with Crippen molar-refractivity contribution in [2.75, 3.05) is 39.4 Å². The molecule has 9 nitrogen and oxygen atoms in total. The Kier molecular flexibility index (Phi) is 7.78. The van der Waals surface area contributed by atoms with Crippen molar-refractivity contribution >= 4 is 11.9 Å². The van der Waals surface area contributed by atoms with Gasteiger partial charge in [-0.25, -0.2) is 4.79 Å². The molecule has 1 N–H and O–H groups in total. The lowest BCUT2D eigenvalue weighted by atomic mass is 9.91. The number of carbonyl (C=O) groups is 2. The number of ether oxygens (including phenoxy) is 2. The number of aryl methyl sites for hydroxylation is 2. The highest BCUT2D eigenvalue weighted by Crippen LogP contribution is 2.35. The van der Waals surface area contributed by atoms with E-state index in [2.05, 4.69) is 10.1 Å². The van der Waals surface area contributed by atoms with E-state index in [1.807, 2.05) is 18.7 Å². The minimum Gasteiger partial charge on any atom is -0.475 e. The molecule has 12 heteroatoms. The molecule has 3 aliphatic heterocycles. The second kappa shape index (κ2) is 10.2. The second-order valence-electron chi connectivity index (χ2n) is 8.23. The van der Waals surface area contributed by atoms with E-state index in [0.29, 0.717) is 32.2 Å². The van der Waals surface area contributed by atoms with Gasteiger partial charge in [-0.1, -0.05) is 5.16 Å². The van der Waals surface area contributed by atoms with Crippen LogP contribution in [0.4, 0.5) is 13.2 Å². The van der Waals surface area contributed by atoms with Crippen LogP contribution in [0, 0.1) is 19.8 Å². The standard InChI is InChI=1S/C18H27N3O4.C2HF3O2/c1-12-15(13(2)25-19-12)10-20-4-3-14-9-16(24-17(14)11-20)18(22)21-5-7-23-8-6-21;3-2(4,5)1(6)7/h14,16-17H,3-11H2,1-2H3;(H,6,7)/t14-,16-,17+;/m0./s1. The van der Waals surface area contributed by atoms with Crippen molar-refractivity contribution in [3.63, 3.8) is 0 Å². The van der Waals surface area contributed by atoms with Gasteiger partial charge >= 0.3 is 12.1 Å². The van der Waals surface area contributed by atoms with E-state index in [9.17, 15) is 18.0 Å². The molecule has 3 atom stereocenters. The van der Waals surface area contributed by atoms with Gasteiger partial charge in [-0.15, -0.1) is 0 Å². The molecule has 3 aliphatic rings. The SMILES string of the molecule is Cc1noc(C)c1CN1CC[C@H]2C[C@@H](C(=O)N3CCOCC3)O[C@@H]2C1.O=C(O)C(F)(F)F. The molecule has 1 aromatic rings. The minimum atomic E-state index is -5.08. The number of hydrogen-bond donors (Lipinski definition) is 1. The quantitative estimate of drug-likeness (QED) is 0.723. The molecule has 0 bridgehead atoms. The molecule has 0 spiro atoms. The van der Waals surface area contributed by atoms with Crippen molar-refractivity contribution in [3.8, 4) is 0 Å². The molecular weight excluding hydrogens is 435 g/mol. The Morgan fingerprint density at radius 1 is 1.19 bits per heavy atom. The van der Waals surface area contributed by atoms with Gasteiger partial charge in [0.15, 0.2) is 0 Å². The second-order valence-corrected chi connectivity index (χ2v) is 8.23. The molecule has 32 heavy (non-hydrogen) atoms. The number of carboxylic acids is 1. The number of halogens is 3. The Labute approximate surface area is 183 Å². The molecule has 0 unspecified atom stereocenters. The highest BCUT2D eigenvalue weighted by molar-refractivity contribution is 5.81. The van der Waals surface area contributed by atoms with Crippen molar-refractivity contribution in [3.05, 3.63) is 17.0 Å². The van der Waals surface area contributed by atoms with Gasteiger partial charge in [-0.05, 0) is 39.2 Å². The van der Waals surface area contributed by atoms with Crippen LogP contribution in [0.25, 0.3) is 0 Å². The molecule has 0 saturated carbocycles. The number of morpholine rings is 1. The highest BCUT2D eigenvalue weighted by Gasteiger charge is 2.43. The van der Waals surface area contributed by atoms with E-state index in [-0.39, 0.29) is 18.1 Å². The molecule has 1 amide bonds. The fourth-order valence-electron chi connectivity index (χ4n) is 4.24. The average molecular weight is 463 g/mol. The predicted molar refractivity (Wildman–Crippen MR) is 104 cm³/mol. The lowest BCUT2D eigenvalue weighted by Gasteiger charge is -2.34. The number of alkyl halides is 3. The molecule has 3 fully saturated rings. The van der Waals surface area contributed by atoms with Crippen LogP contribution >= 0.6 is 0 Å². The van der Waals surface area contributed by atoms with Gasteiger partial charge in [0.1, 0.15) is 11.9 Å². The van der Waals surface area contributed by atoms with Crippen LogP contribution in [0.1, 0.15) is 29.9 Å². The molecule has 1 aromatic heterocycles. The number of hydrogen-bond acceptors (Lipinski definition) is 7. The van der Waals surface area contributed by atoms with Gasteiger partial charge in [0.05, 0.1) is 25.0 Å². The summed E-state index contributed by atoms with van der Waals surface area (Å²) in [6.07, 6.45) is -3.25. The fraction of sp³-hybridized carbons (Fsp3) is 0.750. The zero-order valence-electron chi connectivity index (χ0n) is 18.1. The van der Waals surface area contributed by atoms with Crippen molar-refractivity contribution in [1.29, 1.82) is 0 Å². The molecule has 3 saturated heterocycles. The molecular formula is C20H28F3N3O6. The molecule has 4 heterocycles. The topological polar surface area (TPSA) is 105 Å². The number of amides is 1. The van der Waals surface area contributed by atoms with Crippen molar-refractivity contribution in [1.82, 2.24) is 15.0 Å². The number of fused-ring (bicyclic) bond motifs is 1. The van der Waals surface area contributed by atoms with Crippen LogP contribution < -0.4 is 0 Å². The number of piperidine rings is 1. The largest absolute Gasteiger partial charge is 0.490 e. The molecule has 180 valence electrons. The molecule has 4 rings (SSSR count). The van der Waals surface area contributed by atoms with Crippen molar-refractivity contribution < 1.29 is 41.9 Å². The summed E-state index contributed by atoms with van der Waals surface area (Å²) in [4.78, 5) is 25.9. The lowest BCUT2D eigenvalue weighted by Crippen LogP contribution is -2.46. The zero-order valence-corrected chi connectivity index (χ0v) is 18.1. The number of likely N-dealkylation sites (tertiary alicyclic amines) is 1. The fourth-order valence-corrected chi connectivity index (χ4v) is 4.24. The minimum absolute atomic E-state index is 0.148. The van der Waals surface area contributed by atoms with E-state index < -0.39 is 12.1 Å². The Bertz CT molecular complexity index is 789. The maximum absolute atomic E-state index is 12.7. The summed E-state index contributed by atoms with van der Waals surface area (Å²) in [7, 11) is 0. The van der Waals surface area contributed by atoms with Crippen LogP contribution in [0.2, 0.25) is 0 Å². The number of carbonyl (C=O) groups excluding carboxylic acids is 1.